The molecular formula is C8H15N3. The van der Waals surface area contributed by atoms with Gasteiger partial charge < -0.3 is 5.73 Å². The normalized spacial score (nSPS) is 13.4. The summed E-state index contributed by atoms with van der Waals surface area (Å²) in [5.74, 6) is 0.527. The minimum absolute atomic E-state index is 0.527. The van der Waals surface area contributed by atoms with E-state index in [4.69, 9.17) is 5.73 Å². The van der Waals surface area contributed by atoms with E-state index in [9.17, 15) is 0 Å². The van der Waals surface area contributed by atoms with Crippen molar-refractivity contribution in [1.29, 1.82) is 0 Å². The molecule has 0 saturated heterocycles. The lowest BCUT2D eigenvalue weighted by Crippen LogP contribution is -2.04. The molecule has 1 unspecified atom stereocenters. The summed E-state index contributed by atoms with van der Waals surface area (Å²) in [6.07, 6.45) is 2.91. The topological polar surface area (TPSA) is 54.7 Å². The van der Waals surface area contributed by atoms with Crippen molar-refractivity contribution in [2.45, 2.75) is 26.2 Å². The molecule has 1 heterocycles. The first-order valence-corrected chi connectivity index (χ1v) is 3.95. The van der Waals surface area contributed by atoms with Crippen molar-refractivity contribution in [2.75, 3.05) is 6.54 Å². The van der Waals surface area contributed by atoms with E-state index in [1.165, 1.54) is 5.56 Å². The molecule has 0 bridgehead atoms. The van der Waals surface area contributed by atoms with Crippen LogP contribution in [0.25, 0.3) is 0 Å². The third kappa shape index (κ3) is 1.80. The van der Waals surface area contributed by atoms with Crippen molar-refractivity contribution in [3.05, 3.63) is 17.5 Å². The Kier molecular flexibility index (Phi) is 2.65. The van der Waals surface area contributed by atoms with Gasteiger partial charge in [0.05, 0.1) is 6.20 Å². The predicted molar refractivity (Wildman–Crippen MR) is 45.4 cm³/mol. The van der Waals surface area contributed by atoms with Gasteiger partial charge in [-0.1, -0.05) is 6.92 Å². The molecule has 0 amide bonds. The molecule has 0 radical (unpaired) electrons. The molecular weight excluding hydrogens is 138 g/mol. The maximum absolute atomic E-state index is 5.45. The summed E-state index contributed by atoms with van der Waals surface area (Å²) in [6, 6.07) is 0. The lowest BCUT2D eigenvalue weighted by molar-refractivity contribution is 0.686. The molecule has 1 rings (SSSR count). The molecule has 11 heavy (non-hydrogen) atoms. The zero-order chi connectivity index (χ0) is 8.27. The third-order valence-corrected chi connectivity index (χ3v) is 2.00. The highest BCUT2D eigenvalue weighted by Crippen LogP contribution is 2.19. The van der Waals surface area contributed by atoms with Crippen molar-refractivity contribution >= 4 is 0 Å². The molecule has 1 aromatic rings. The van der Waals surface area contributed by atoms with E-state index in [2.05, 4.69) is 17.1 Å². The monoisotopic (exact) mass is 153 g/mol. The summed E-state index contributed by atoms with van der Waals surface area (Å²) in [6.45, 7) is 4.95. The van der Waals surface area contributed by atoms with Crippen LogP contribution in [0, 0.1) is 6.92 Å². The zero-order valence-electron chi connectivity index (χ0n) is 7.09. The van der Waals surface area contributed by atoms with Gasteiger partial charge >= 0.3 is 0 Å². The number of H-pyrrole nitrogens is 1. The highest BCUT2D eigenvalue weighted by Gasteiger charge is 2.08. The van der Waals surface area contributed by atoms with Crippen molar-refractivity contribution < 1.29 is 0 Å². The van der Waals surface area contributed by atoms with Crippen LogP contribution in [0.2, 0.25) is 0 Å². The fourth-order valence-electron chi connectivity index (χ4n) is 1.26. The lowest BCUT2D eigenvalue weighted by Gasteiger charge is -2.07. The van der Waals surface area contributed by atoms with E-state index in [-0.39, 0.29) is 0 Å². The molecule has 0 aliphatic rings. The van der Waals surface area contributed by atoms with Crippen molar-refractivity contribution in [1.82, 2.24) is 10.2 Å². The van der Waals surface area contributed by atoms with Crippen LogP contribution in [-0.4, -0.2) is 16.7 Å². The second-order valence-corrected chi connectivity index (χ2v) is 2.93. The van der Waals surface area contributed by atoms with E-state index < -0.39 is 0 Å². The largest absolute Gasteiger partial charge is 0.330 e. The lowest BCUT2D eigenvalue weighted by atomic mass is 9.99. The predicted octanol–water partition coefficient (Wildman–Crippen LogP) is 1.17. The first-order valence-electron chi connectivity index (χ1n) is 3.95. The number of aryl methyl sites for hydroxylation is 1. The van der Waals surface area contributed by atoms with Crippen LogP contribution in [0.5, 0.6) is 0 Å². The average Bonchev–Trinajstić information content (AvgIpc) is 2.36. The number of hydrogen-bond acceptors (Lipinski definition) is 2. The molecule has 0 fully saturated rings. The number of aromatic amines is 1. The molecule has 0 aliphatic heterocycles. The third-order valence-electron chi connectivity index (χ3n) is 2.00. The summed E-state index contributed by atoms with van der Waals surface area (Å²) in [5, 5.41) is 6.88. The van der Waals surface area contributed by atoms with Crippen molar-refractivity contribution in [2.24, 2.45) is 5.73 Å². The number of nitrogens with two attached hydrogens (primary N) is 1. The van der Waals surface area contributed by atoms with Gasteiger partial charge in [0, 0.05) is 5.69 Å². The minimum atomic E-state index is 0.527. The van der Waals surface area contributed by atoms with Crippen LogP contribution in [0.15, 0.2) is 6.20 Å². The van der Waals surface area contributed by atoms with Crippen LogP contribution >= 0.6 is 0 Å². The summed E-state index contributed by atoms with van der Waals surface area (Å²) in [7, 11) is 0. The molecule has 0 aliphatic carbocycles. The van der Waals surface area contributed by atoms with E-state index in [0.717, 1.165) is 18.7 Å². The molecule has 0 spiro atoms. The molecule has 1 aromatic heterocycles. The van der Waals surface area contributed by atoms with Gasteiger partial charge in [-0.05, 0) is 31.4 Å². The van der Waals surface area contributed by atoms with Crippen molar-refractivity contribution in [3.63, 3.8) is 0 Å². The quantitative estimate of drug-likeness (QED) is 0.685. The summed E-state index contributed by atoms with van der Waals surface area (Å²) >= 11 is 0. The van der Waals surface area contributed by atoms with Gasteiger partial charge in [0.2, 0.25) is 0 Å². The Labute approximate surface area is 67.0 Å². The summed E-state index contributed by atoms with van der Waals surface area (Å²) < 4.78 is 0. The Hall–Kier alpha value is -0.830. The standard InChI is InChI=1S/C8H15N3/c1-6(3-4-9)8-5-10-11-7(8)2/h5-6H,3-4,9H2,1-2H3,(H,10,11). The van der Waals surface area contributed by atoms with Gasteiger partial charge in [-0.25, -0.2) is 0 Å². The molecule has 3 heteroatoms. The SMILES string of the molecule is Cc1[nH]ncc1C(C)CCN. The molecule has 1 atom stereocenters. The fraction of sp³-hybridized carbons (Fsp3) is 0.625. The van der Waals surface area contributed by atoms with Crippen LogP contribution in [-0.2, 0) is 0 Å². The van der Waals surface area contributed by atoms with Crippen LogP contribution in [0.3, 0.4) is 0 Å². The van der Waals surface area contributed by atoms with Gasteiger partial charge in [0.1, 0.15) is 0 Å². The van der Waals surface area contributed by atoms with Gasteiger partial charge in [-0.2, -0.15) is 5.10 Å². The Morgan fingerprint density at radius 2 is 2.45 bits per heavy atom. The molecule has 0 aromatic carbocycles. The van der Waals surface area contributed by atoms with Crippen LogP contribution in [0.1, 0.15) is 30.5 Å². The zero-order valence-corrected chi connectivity index (χ0v) is 7.09. The van der Waals surface area contributed by atoms with Crippen LogP contribution in [0.4, 0.5) is 0 Å². The smallest absolute Gasteiger partial charge is 0.0524 e. The first-order chi connectivity index (χ1) is 5.25. The second kappa shape index (κ2) is 3.53. The maximum Gasteiger partial charge on any atom is 0.0524 e. The van der Waals surface area contributed by atoms with E-state index in [1.807, 2.05) is 13.1 Å². The van der Waals surface area contributed by atoms with E-state index in [0.29, 0.717) is 5.92 Å². The van der Waals surface area contributed by atoms with E-state index in [1.54, 1.807) is 0 Å². The number of rotatable bonds is 3. The minimum Gasteiger partial charge on any atom is -0.330 e. The Balaban J connectivity index is 2.67. The van der Waals surface area contributed by atoms with Crippen LogP contribution < -0.4 is 5.73 Å². The van der Waals surface area contributed by atoms with Gasteiger partial charge in [0.25, 0.3) is 0 Å². The number of aromatic nitrogens is 2. The Morgan fingerprint density at radius 3 is 2.91 bits per heavy atom. The molecule has 3 nitrogen and oxygen atoms in total. The van der Waals surface area contributed by atoms with Gasteiger partial charge in [-0.3, -0.25) is 5.10 Å². The van der Waals surface area contributed by atoms with Gasteiger partial charge in [-0.15, -0.1) is 0 Å². The summed E-state index contributed by atoms with van der Waals surface area (Å²) in [4.78, 5) is 0. The van der Waals surface area contributed by atoms with Crippen molar-refractivity contribution in [3.8, 4) is 0 Å². The highest BCUT2D eigenvalue weighted by molar-refractivity contribution is 5.18. The number of nitrogens with one attached hydrogen (secondary N) is 1. The molecule has 62 valence electrons. The fourth-order valence-corrected chi connectivity index (χ4v) is 1.26. The number of hydrogen-bond donors (Lipinski definition) is 2. The Morgan fingerprint density at radius 1 is 1.73 bits per heavy atom. The number of nitrogens with zero attached hydrogens (tertiary/aromatic N) is 1. The second-order valence-electron chi connectivity index (χ2n) is 2.93. The maximum atomic E-state index is 5.45. The average molecular weight is 153 g/mol. The molecule has 0 saturated carbocycles. The molecule has 3 N–H and O–H groups in total. The van der Waals surface area contributed by atoms with Gasteiger partial charge in [0.15, 0.2) is 0 Å². The first kappa shape index (κ1) is 8.27. The highest BCUT2D eigenvalue weighted by atomic mass is 15.1. The Bertz CT molecular complexity index is 217. The van der Waals surface area contributed by atoms with E-state index >= 15 is 0 Å². The summed E-state index contributed by atoms with van der Waals surface area (Å²) in [5.41, 5.74) is 7.90.